The van der Waals surface area contributed by atoms with Crippen molar-refractivity contribution < 1.29 is 9.59 Å². The summed E-state index contributed by atoms with van der Waals surface area (Å²) in [7, 11) is 0. The van der Waals surface area contributed by atoms with Crippen molar-refractivity contribution in [2.75, 3.05) is 6.54 Å². The summed E-state index contributed by atoms with van der Waals surface area (Å²) in [6.07, 6.45) is 6.27. The number of nitrogens with one attached hydrogen (secondary N) is 2. The van der Waals surface area contributed by atoms with Gasteiger partial charge in [-0.05, 0) is 12.8 Å². The van der Waals surface area contributed by atoms with E-state index in [1.165, 1.54) is 19.3 Å². The molecule has 1 aliphatic carbocycles. The fraction of sp³-hybridized carbons (Fsp3) is 0.818. The predicted molar refractivity (Wildman–Crippen MR) is 56.1 cm³/mol. The Balaban J connectivity index is 1.78. The van der Waals surface area contributed by atoms with E-state index in [0.717, 1.165) is 12.8 Å². The Bertz CT molecular complexity index is 259. The molecule has 1 aliphatic heterocycles. The van der Waals surface area contributed by atoms with Crippen molar-refractivity contribution in [3.05, 3.63) is 0 Å². The SMILES string of the molecule is O=C1CC(C(=O)NC2CCCCC2)CN1. The summed E-state index contributed by atoms with van der Waals surface area (Å²) in [5.74, 6) is -0.0847. The van der Waals surface area contributed by atoms with Crippen LogP contribution in [0.25, 0.3) is 0 Å². The Hall–Kier alpha value is -1.06. The van der Waals surface area contributed by atoms with Crippen LogP contribution in [-0.4, -0.2) is 24.4 Å². The molecule has 2 fully saturated rings. The molecule has 2 N–H and O–H groups in total. The number of rotatable bonds is 2. The second-order valence-corrected chi connectivity index (χ2v) is 4.55. The maximum atomic E-state index is 11.8. The average molecular weight is 210 g/mol. The fourth-order valence-electron chi connectivity index (χ4n) is 2.36. The molecule has 0 aromatic rings. The van der Waals surface area contributed by atoms with Crippen molar-refractivity contribution in [3.8, 4) is 0 Å². The van der Waals surface area contributed by atoms with Gasteiger partial charge in [0.05, 0.1) is 5.92 Å². The van der Waals surface area contributed by atoms with Crippen LogP contribution in [-0.2, 0) is 9.59 Å². The number of carbonyl (C=O) groups excluding carboxylic acids is 2. The minimum absolute atomic E-state index is 0.00112. The Morgan fingerprint density at radius 1 is 1.27 bits per heavy atom. The van der Waals surface area contributed by atoms with Crippen molar-refractivity contribution in [1.82, 2.24) is 10.6 Å². The van der Waals surface area contributed by atoms with E-state index in [-0.39, 0.29) is 17.7 Å². The fourth-order valence-corrected chi connectivity index (χ4v) is 2.36. The van der Waals surface area contributed by atoms with Crippen LogP contribution in [0.2, 0.25) is 0 Å². The van der Waals surface area contributed by atoms with E-state index in [0.29, 0.717) is 19.0 Å². The number of hydrogen-bond donors (Lipinski definition) is 2. The summed E-state index contributed by atoms with van der Waals surface area (Å²) < 4.78 is 0. The summed E-state index contributed by atoms with van der Waals surface area (Å²) in [6, 6.07) is 0.349. The topological polar surface area (TPSA) is 58.2 Å². The van der Waals surface area contributed by atoms with Crippen LogP contribution >= 0.6 is 0 Å². The summed E-state index contributed by atoms with van der Waals surface area (Å²) in [5.41, 5.74) is 0. The van der Waals surface area contributed by atoms with Gasteiger partial charge in [-0.15, -0.1) is 0 Å². The molecule has 1 heterocycles. The van der Waals surface area contributed by atoms with Gasteiger partial charge in [-0.2, -0.15) is 0 Å². The van der Waals surface area contributed by atoms with Crippen LogP contribution in [0.15, 0.2) is 0 Å². The molecule has 0 radical (unpaired) electrons. The number of carbonyl (C=O) groups is 2. The molecular formula is C11H18N2O2. The van der Waals surface area contributed by atoms with E-state index >= 15 is 0 Å². The lowest BCUT2D eigenvalue weighted by atomic mass is 9.95. The Labute approximate surface area is 89.8 Å². The highest BCUT2D eigenvalue weighted by atomic mass is 16.2. The van der Waals surface area contributed by atoms with E-state index in [4.69, 9.17) is 0 Å². The maximum Gasteiger partial charge on any atom is 0.225 e. The minimum Gasteiger partial charge on any atom is -0.355 e. The van der Waals surface area contributed by atoms with Gasteiger partial charge in [0, 0.05) is 19.0 Å². The highest BCUT2D eigenvalue weighted by Gasteiger charge is 2.29. The Morgan fingerprint density at radius 2 is 2.00 bits per heavy atom. The molecule has 1 saturated heterocycles. The molecule has 2 aliphatic rings. The minimum atomic E-state index is -0.139. The molecule has 0 aromatic carbocycles. The molecule has 1 saturated carbocycles. The van der Waals surface area contributed by atoms with Crippen LogP contribution in [0.5, 0.6) is 0 Å². The molecule has 15 heavy (non-hydrogen) atoms. The summed E-state index contributed by atoms with van der Waals surface area (Å²) >= 11 is 0. The number of amides is 2. The first-order valence-corrected chi connectivity index (χ1v) is 5.83. The Kier molecular flexibility index (Phi) is 3.23. The molecule has 2 rings (SSSR count). The highest BCUT2D eigenvalue weighted by molar-refractivity contribution is 5.89. The molecule has 84 valence electrons. The third-order valence-corrected chi connectivity index (χ3v) is 3.30. The van der Waals surface area contributed by atoms with Crippen molar-refractivity contribution >= 4 is 11.8 Å². The first kappa shape index (κ1) is 10.5. The zero-order valence-electron chi connectivity index (χ0n) is 8.92. The third kappa shape index (κ3) is 2.70. The van der Waals surface area contributed by atoms with Gasteiger partial charge in [0.1, 0.15) is 0 Å². The maximum absolute atomic E-state index is 11.8. The quantitative estimate of drug-likeness (QED) is 0.700. The lowest BCUT2D eigenvalue weighted by molar-refractivity contribution is -0.127. The van der Waals surface area contributed by atoms with Gasteiger partial charge in [-0.25, -0.2) is 0 Å². The van der Waals surface area contributed by atoms with Gasteiger partial charge < -0.3 is 10.6 Å². The van der Waals surface area contributed by atoms with E-state index < -0.39 is 0 Å². The van der Waals surface area contributed by atoms with Crippen molar-refractivity contribution in [3.63, 3.8) is 0 Å². The summed E-state index contributed by atoms with van der Waals surface area (Å²) in [5, 5.41) is 5.74. The third-order valence-electron chi connectivity index (χ3n) is 3.30. The smallest absolute Gasteiger partial charge is 0.225 e. The normalized spacial score (nSPS) is 27.5. The molecule has 1 atom stereocenters. The molecule has 1 unspecified atom stereocenters. The number of hydrogen-bond acceptors (Lipinski definition) is 2. The zero-order valence-corrected chi connectivity index (χ0v) is 8.92. The van der Waals surface area contributed by atoms with Crippen molar-refractivity contribution in [2.24, 2.45) is 5.92 Å². The lowest BCUT2D eigenvalue weighted by Gasteiger charge is -2.23. The van der Waals surface area contributed by atoms with Gasteiger partial charge >= 0.3 is 0 Å². The monoisotopic (exact) mass is 210 g/mol. The lowest BCUT2D eigenvalue weighted by Crippen LogP contribution is -2.40. The van der Waals surface area contributed by atoms with E-state index in [9.17, 15) is 9.59 Å². The molecule has 0 aromatic heterocycles. The molecular weight excluding hydrogens is 192 g/mol. The van der Waals surface area contributed by atoms with Gasteiger partial charge in [0.25, 0.3) is 0 Å². The van der Waals surface area contributed by atoms with Crippen LogP contribution < -0.4 is 10.6 Å². The van der Waals surface area contributed by atoms with Crippen LogP contribution in [0.3, 0.4) is 0 Å². The first-order chi connectivity index (χ1) is 7.25. The molecule has 4 nitrogen and oxygen atoms in total. The largest absolute Gasteiger partial charge is 0.355 e. The van der Waals surface area contributed by atoms with Crippen LogP contribution in [0, 0.1) is 5.92 Å². The zero-order chi connectivity index (χ0) is 10.7. The van der Waals surface area contributed by atoms with Gasteiger partial charge in [-0.3, -0.25) is 9.59 Å². The summed E-state index contributed by atoms with van der Waals surface area (Å²) in [6.45, 7) is 0.511. The second kappa shape index (κ2) is 4.64. The van der Waals surface area contributed by atoms with Crippen molar-refractivity contribution in [2.45, 2.75) is 44.6 Å². The van der Waals surface area contributed by atoms with Gasteiger partial charge in [0.2, 0.25) is 11.8 Å². The van der Waals surface area contributed by atoms with Crippen LogP contribution in [0.4, 0.5) is 0 Å². The molecule has 2 amide bonds. The highest BCUT2D eigenvalue weighted by Crippen LogP contribution is 2.18. The second-order valence-electron chi connectivity index (χ2n) is 4.55. The average Bonchev–Trinajstić information content (AvgIpc) is 2.66. The van der Waals surface area contributed by atoms with E-state index in [2.05, 4.69) is 10.6 Å². The van der Waals surface area contributed by atoms with Gasteiger partial charge in [0.15, 0.2) is 0 Å². The Morgan fingerprint density at radius 3 is 2.60 bits per heavy atom. The molecule has 0 spiro atoms. The van der Waals surface area contributed by atoms with Gasteiger partial charge in [-0.1, -0.05) is 19.3 Å². The summed E-state index contributed by atoms with van der Waals surface area (Å²) in [4.78, 5) is 22.7. The molecule has 4 heteroatoms. The predicted octanol–water partition coefficient (Wildman–Crippen LogP) is 0.571. The van der Waals surface area contributed by atoms with E-state index in [1.54, 1.807) is 0 Å². The molecule has 0 bridgehead atoms. The van der Waals surface area contributed by atoms with E-state index in [1.807, 2.05) is 0 Å². The standard InChI is InChI=1S/C11H18N2O2/c14-10-6-8(7-12-10)11(15)13-9-4-2-1-3-5-9/h8-9H,1-7H2,(H,12,14)(H,13,15). The first-order valence-electron chi connectivity index (χ1n) is 5.83. The van der Waals surface area contributed by atoms with Crippen LogP contribution in [0.1, 0.15) is 38.5 Å². The van der Waals surface area contributed by atoms with Crippen molar-refractivity contribution in [1.29, 1.82) is 0 Å².